The van der Waals surface area contributed by atoms with Gasteiger partial charge in [-0.1, -0.05) is 18.2 Å². The van der Waals surface area contributed by atoms with Crippen molar-refractivity contribution in [1.29, 1.82) is 0 Å². The van der Waals surface area contributed by atoms with Crippen LogP contribution in [0.1, 0.15) is 39.1 Å². The first-order valence-electron chi connectivity index (χ1n) is 9.30. The number of thiophene rings is 1. The lowest BCUT2D eigenvalue weighted by atomic mass is 10.1. The van der Waals surface area contributed by atoms with Gasteiger partial charge in [-0.2, -0.15) is 18.3 Å². The van der Waals surface area contributed by atoms with E-state index in [1.807, 2.05) is 0 Å². The van der Waals surface area contributed by atoms with Gasteiger partial charge in [0.25, 0.3) is 5.91 Å². The lowest BCUT2D eigenvalue weighted by molar-refractivity contribution is -0.141. The van der Waals surface area contributed by atoms with Crippen LogP contribution in [0.3, 0.4) is 0 Å². The molecule has 11 heteroatoms. The number of aryl methyl sites for hydroxylation is 1. The highest BCUT2D eigenvalue weighted by molar-refractivity contribution is 7.10. The van der Waals surface area contributed by atoms with Gasteiger partial charge >= 0.3 is 12.1 Å². The first kappa shape index (κ1) is 23.2. The average Bonchev–Trinajstić information content (AvgIpc) is 3.27. The zero-order valence-electron chi connectivity index (χ0n) is 17.0. The number of hydrogen-bond acceptors (Lipinski definition) is 6. The highest BCUT2D eigenvalue weighted by Crippen LogP contribution is 2.33. The molecule has 0 saturated carbocycles. The third-order valence-corrected chi connectivity index (χ3v) is 5.54. The molecule has 1 aromatic carbocycles. The first-order chi connectivity index (χ1) is 15.1. The van der Waals surface area contributed by atoms with Gasteiger partial charge in [-0.3, -0.25) is 14.4 Å². The van der Waals surface area contributed by atoms with E-state index in [1.54, 1.807) is 17.5 Å². The standard InChI is InChI=1S/C21H18F3N3O4S/c1-12-10-16(28)19(26-27(12)15-7-4-3-6-13(15)21(22,23)24)20(30)25-14(11-18(29)31-2)17-8-5-9-32-17/h3-10,14H,11H2,1-2H3,(H,25,30). The van der Waals surface area contributed by atoms with Gasteiger partial charge in [-0.05, 0) is 30.5 Å². The fourth-order valence-corrected chi connectivity index (χ4v) is 3.81. The number of alkyl halides is 3. The quantitative estimate of drug-likeness (QED) is 0.562. The Morgan fingerprint density at radius 2 is 1.94 bits per heavy atom. The Balaban J connectivity index is 2.02. The van der Waals surface area contributed by atoms with Crippen molar-refractivity contribution >= 4 is 23.2 Å². The van der Waals surface area contributed by atoms with E-state index in [0.29, 0.717) is 4.88 Å². The van der Waals surface area contributed by atoms with Crippen LogP contribution in [0.4, 0.5) is 13.2 Å². The number of halogens is 3. The Morgan fingerprint density at radius 3 is 2.56 bits per heavy atom. The number of ether oxygens (including phenoxy) is 1. The van der Waals surface area contributed by atoms with Gasteiger partial charge in [0.15, 0.2) is 5.69 Å². The molecule has 0 bridgehead atoms. The van der Waals surface area contributed by atoms with Crippen LogP contribution >= 0.6 is 11.3 Å². The summed E-state index contributed by atoms with van der Waals surface area (Å²) < 4.78 is 45.9. The van der Waals surface area contributed by atoms with Gasteiger partial charge in [0.1, 0.15) is 0 Å². The summed E-state index contributed by atoms with van der Waals surface area (Å²) in [5.74, 6) is -1.51. The van der Waals surface area contributed by atoms with Crippen LogP contribution in [-0.4, -0.2) is 28.8 Å². The third-order valence-electron chi connectivity index (χ3n) is 4.55. The fourth-order valence-electron chi connectivity index (χ4n) is 3.04. The minimum atomic E-state index is -4.67. The number of carbonyl (C=O) groups excluding carboxylic acids is 2. The second kappa shape index (κ2) is 9.35. The maximum absolute atomic E-state index is 13.5. The summed E-state index contributed by atoms with van der Waals surface area (Å²) >= 11 is 1.28. The van der Waals surface area contributed by atoms with E-state index in [9.17, 15) is 27.6 Å². The second-order valence-electron chi connectivity index (χ2n) is 6.75. The third kappa shape index (κ3) is 5.05. The number of rotatable bonds is 6. The number of carbonyl (C=O) groups is 2. The number of benzene rings is 1. The van der Waals surface area contributed by atoms with E-state index in [4.69, 9.17) is 0 Å². The highest BCUT2D eigenvalue weighted by Gasteiger charge is 2.34. The van der Waals surface area contributed by atoms with Crippen molar-refractivity contribution in [3.8, 4) is 5.69 Å². The van der Waals surface area contributed by atoms with Crippen molar-refractivity contribution in [3.63, 3.8) is 0 Å². The number of hydrogen-bond donors (Lipinski definition) is 1. The molecule has 1 unspecified atom stereocenters. The summed E-state index contributed by atoms with van der Waals surface area (Å²) in [7, 11) is 1.20. The fraction of sp³-hybridized carbons (Fsp3) is 0.238. The normalized spacial score (nSPS) is 12.3. The van der Waals surface area contributed by atoms with E-state index in [2.05, 4.69) is 15.2 Å². The Hall–Kier alpha value is -3.47. The van der Waals surface area contributed by atoms with Gasteiger partial charge in [-0.15, -0.1) is 11.3 Å². The van der Waals surface area contributed by atoms with Gasteiger partial charge < -0.3 is 10.1 Å². The highest BCUT2D eigenvalue weighted by atomic mass is 32.1. The maximum atomic E-state index is 13.5. The van der Waals surface area contributed by atoms with Crippen LogP contribution in [0.5, 0.6) is 0 Å². The topological polar surface area (TPSA) is 90.3 Å². The molecule has 1 amide bonds. The maximum Gasteiger partial charge on any atom is 0.418 e. The second-order valence-corrected chi connectivity index (χ2v) is 7.73. The molecule has 0 fully saturated rings. The smallest absolute Gasteiger partial charge is 0.418 e. The van der Waals surface area contributed by atoms with Crippen LogP contribution in [0, 0.1) is 6.92 Å². The monoisotopic (exact) mass is 465 g/mol. The van der Waals surface area contributed by atoms with Crippen LogP contribution < -0.4 is 10.7 Å². The molecule has 1 N–H and O–H groups in total. The minimum absolute atomic E-state index is 0.118. The molecule has 0 spiro atoms. The minimum Gasteiger partial charge on any atom is -0.469 e. The number of para-hydroxylation sites is 1. The number of nitrogens with one attached hydrogen (secondary N) is 1. The molecule has 0 aliphatic rings. The molecule has 2 aromatic heterocycles. The van der Waals surface area contributed by atoms with Crippen molar-refractivity contribution in [2.24, 2.45) is 0 Å². The summed E-state index contributed by atoms with van der Waals surface area (Å²) in [5.41, 5.74) is -2.53. The number of amides is 1. The predicted molar refractivity (Wildman–Crippen MR) is 111 cm³/mol. The average molecular weight is 465 g/mol. The zero-order valence-corrected chi connectivity index (χ0v) is 17.8. The predicted octanol–water partition coefficient (Wildman–Crippen LogP) is 3.66. The van der Waals surface area contributed by atoms with E-state index < -0.39 is 40.8 Å². The molecule has 0 aliphatic heterocycles. The first-order valence-corrected chi connectivity index (χ1v) is 10.2. The molecule has 0 radical (unpaired) electrons. The number of esters is 1. The van der Waals surface area contributed by atoms with Crippen LogP contribution in [0.2, 0.25) is 0 Å². The number of methoxy groups -OCH3 is 1. The van der Waals surface area contributed by atoms with E-state index in [-0.39, 0.29) is 17.8 Å². The van der Waals surface area contributed by atoms with Gasteiger partial charge in [-0.25, -0.2) is 4.68 Å². The Bertz CT molecular complexity index is 1190. The molecule has 0 aliphatic carbocycles. The SMILES string of the molecule is COC(=O)CC(NC(=O)c1nn(-c2ccccc2C(F)(F)F)c(C)cc1=O)c1cccs1. The van der Waals surface area contributed by atoms with Crippen molar-refractivity contribution in [2.45, 2.75) is 25.6 Å². The summed E-state index contributed by atoms with van der Waals surface area (Å²) in [6.45, 7) is 1.41. The summed E-state index contributed by atoms with van der Waals surface area (Å²) in [5, 5.41) is 8.23. The molecule has 7 nitrogen and oxygen atoms in total. The van der Waals surface area contributed by atoms with Gasteiger partial charge in [0.2, 0.25) is 5.43 Å². The summed E-state index contributed by atoms with van der Waals surface area (Å²) in [6.07, 6.45) is -4.86. The van der Waals surface area contributed by atoms with Gasteiger partial charge in [0, 0.05) is 16.6 Å². The lowest BCUT2D eigenvalue weighted by Crippen LogP contribution is -2.35. The van der Waals surface area contributed by atoms with Crippen molar-refractivity contribution in [1.82, 2.24) is 15.1 Å². The van der Waals surface area contributed by atoms with E-state index in [0.717, 1.165) is 16.8 Å². The molecule has 2 heterocycles. The number of aromatic nitrogens is 2. The Morgan fingerprint density at radius 1 is 1.22 bits per heavy atom. The largest absolute Gasteiger partial charge is 0.469 e. The molecule has 3 rings (SSSR count). The molecular weight excluding hydrogens is 447 g/mol. The summed E-state index contributed by atoms with van der Waals surface area (Å²) in [4.78, 5) is 37.7. The van der Waals surface area contributed by atoms with Gasteiger partial charge in [0.05, 0.1) is 30.8 Å². The molecule has 168 valence electrons. The van der Waals surface area contributed by atoms with Crippen LogP contribution in [0.25, 0.3) is 5.69 Å². The molecular formula is C21H18F3N3O4S. The Labute approximate surface area is 184 Å². The van der Waals surface area contributed by atoms with Crippen molar-refractivity contribution in [2.75, 3.05) is 7.11 Å². The zero-order chi connectivity index (χ0) is 23.5. The molecule has 32 heavy (non-hydrogen) atoms. The molecule has 0 saturated heterocycles. The van der Waals surface area contributed by atoms with E-state index in [1.165, 1.54) is 43.6 Å². The lowest BCUT2D eigenvalue weighted by Gasteiger charge is -2.18. The van der Waals surface area contributed by atoms with Crippen LogP contribution in [-0.2, 0) is 15.7 Å². The number of nitrogens with zero attached hydrogens (tertiary/aromatic N) is 2. The summed E-state index contributed by atoms with van der Waals surface area (Å²) in [6, 6.07) is 8.37. The Kier molecular flexibility index (Phi) is 6.78. The van der Waals surface area contributed by atoms with Crippen LogP contribution in [0.15, 0.2) is 52.6 Å². The molecule has 1 atom stereocenters. The molecule has 3 aromatic rings. The van der Waals surface area contributed by atoms with Crippen molar-refractivity contribution < 1.29 is 27.5 Å². The van der Waals surface area contributed by atoms with E-state index >= 15 is 0 Å². The van der Waals surface area contributed by atoms with Crippen molar-refractivity contribution in [3.05, 3.63) is 79.9 Å².